The van der Waals surface area contributed by atoms with Crippen molar-refractivity contribution in [3.8, 4) is 0 Å². The average molecular weight is 327 g/mol. The molecule has 0 fully saturated rings. The Morgan fingerprint density at radius 3 is 1.52 bits per heavy atom. The van der Waals surface area contributed by atoms with Gasteiger partial charge in [0, 0.05) is 16.7 Å². The van der Waals surface area contributed by atoms with Crippen LogP contribution >= 0.6 is 0 Å². The first kappa shape index (κ1) is 25.0. The summed E-state index contributed by atoms with van der Waals surface area (Å²) in [6.07, 6.45) is 3.35. The van der Waals surface area contributed by atoms with Crippen LogP contribution in [0, 0.1) is 0 Å². The lowest BCUT2D eigenvalue weighted by atomic mass is 10.2. The zero-order chi connectivity index (χ0) is 19.0. The summed E-state index contributed by atoms with van der Waals surface area (Å²) >= 11 is 0. The highest BCUT2D eigenvalue weighted by Gasteiger charge is 1.96. The van der Waals surface area contributed by atoms with Crippen LogP contribution in [0.15, 0.2) is 40.9 Å². The van der Waals surface area contributed by atoms with Gasteiger partial charge < -0.3 is 15.3 Å². The molecule has 0 atom stereocenters. The van der Waals surface area contributed by atoms with E-state index in [-0.39, 0.29) is 16.7 Å². The third-order valence-corrected chi connectivity index (χ3v) is 1.82. The molecule has 8 nitrogen and oxygen atoms in total. The van der Waals surface area contributed by atoms with E-state index in [0.29, 0.717) is 13.0 Å². The highest BCUT2D eigenvalue weighted by Crippen LogP contribution is 1.94. The van der Waals surface area contributed by atoms with Crippen molar-refractivity contribution in [3.63, 3.8) is 0 Å². The molecular weight excluding hydrogens is 306 g/mol. The molecule has 0 bridgehead atoms. The molecule has 0 aromatic rings. The number of carbonyl (C=O) groups is 3. The van der Waals surface area contributed by atoms with E-state index in [1.54, 1.807) is 0 Å². The smallest absolute Gasteiger partial charge is 0.330 e. The number of carbonyl (C=O) groups excluding carboxylic acids is 1. The lowest BCUT2D eigenvalue weighted by molar-refractivity contribution is -0.133. The summed E-state index contributed by atoms with van der Waals surface area (Å²) < 4.78 is 0. The van der Waals surface area contributed by atoms with Crippen molar-refractivity contribution in [2.24, 2.45) is 4.99 Å². The first-order valence-electron chi connectivity index (χ1n) is 6.18. The van der Waals surface area contributed by atoms with Crippen LogP contribution in [-0.4, -0.2) is 45.9 Å². The van der Waals surface area contributed by atoms with Crippen LogP contribution in [0.3, 0.4) is 0 Å². The quantitative estimate of drug-likeness (QED) is 0.293. The van der Waals surface area contributed by atoms with Crippen LogP contribution in [0.25, 0.3) is 0 Å². The highest BCUT2D eigenvalue weighted by molar-refractivity contribution is 5.86. The van der Waals surface area contributed by atoms with Crippen LogP contribution in [0.2, 0.25) is 0 Å². The summed E-state index contributed by atoms with van der Waals surface area (Å²) in [7, 11) is 0. The maximum absolute atomic E-state index is 10.2. The molecule has 8 heteroatoms. The van der Waals surface area contributed by atoms with Crippen molar-refractivity contribution in [1.82, 2.24) is 0 Å². The highest BCUT2D eigenvalue weighted by atomic mass is 16.4. The molecule has 0 aliphatic carbocycles. The predicted molar refractivity (Wildman–Crippen MR) is 83.9 cm³/mol. The molecule has 0 saturated heterocycles. The van der Waals surface area contributed by atoms with Crippen molar-refractivity contribution in [2.45, 2.75) is 27.2 Å². The first-order valence-corrected chi connectivity index (χ1v) is 6.18. The number of rotatable bonds is 6. The van der Waals surface area contributed by atoms with E-state index >= 15 is 0 Å². The number of aliphatic imine (C=N–C) groups is 1. The maximum atomic E-state index is 10.2. The Balaban J connectivity index is -0.000000284. The second kappa shape index (κ2) is 15.4. The molecule has 0 aliphatic heterocycles. The van der Waals surface area contributed by atoms with Crippen LogP contribution in [0.5, 0.6) is 0 Å². The van der Waals surface area contributed by atoms with Crippen molar-refractivity contribution >= 4 is 24.0 Å². The van der Waals surface area contributed by atoms with Crippen LogP contribution in [0.1, 0.15) is 27.2 Å². The molecule has 23 heavy (non-hydrogen) atoms. The van der Waals surface area contributed by atoms with Gasteiger partial charge in [-0.1, -0.05) is 19.2 Å². The predicted octanol–water partition coefficient (Wildman–Crippen LogP) is 2.04. The van der Waals surface area contributed by atoms with Crippen LogP contribution in [-0.2, 0) is 19.2 Å². The fourth-order valence-corrected chi connectivity index (χ4v) is 0.479. The molecule has 0 saturated carbocycles. The monoisotopic (exact) mass is 327 g/mol. The fourth-order valence-electron chi connectivity index (χ4n) is 0.479. The number of aliphatic carboxylic acids is 3. The summed E-state index contributed by atoms with van der Waals surface area (Å²) in [6, 6.07) is 0. The molecular formula is C15H21NO7. The minimum atomic E-state index is -0.944. The number of isocyanates is 1. The van der Waals surface area contributed by atoms with Crippen molar-refractivity contribution in [1.29, 1.82) is 0 Å². The zero-order valence-electron chi connectivity index (χ0n) is 13.3. The minimum absolute atomic E-state index is 0.176. The molecule has 0 heterocycles. The van der Waals surface area contributed by atoms with Gasteiger partial charge in [-0.2, -0.15) is 0 Å². The van der Waals surface area contributed by atoms with Crippen LogP contribution < -0.4 is 0 Å². The van der Waals surface area contributed by atoms with E-state index in [9.17, 15) is 19.2 Å². The summed E-state index contributed by atoms with van der Waals surface area (Å²) in [6.45, 7) is 11.0. The molecule has 0 rings (SSSR count). The van der Waals surface area contributed by atoms with Gasteiger partial charge in [-0.25, -0.2) is 24.2 Å². The second-order valence-corrected chi connectivity index (χ2v) is 4.12. The van der Waals surface area contributed by atoms with E-state index in [0.717, 1.165) is 0 Å². The lowest BCUT2D eigenvalue weighted by Gasteiger charge is -1.89. The Labute approximate surface area is 134 Å². The Bertz CT molecular complexity index is 478. The Kier molecular flexibility index (Phi) is 16.7. The Morgan fingerprint density at radius 1 is 0.957 bits per heavy atom. The van der Waals surface area contributed by atoms with Crippen molar-refractivity contribution < 1.29 is 34.5 Å². The molecule has 3 N–H and O–H groups in total. The number of carboxylic acid groups (broad SMARTS) is 3. The molecule has 0 amide bonds. The van der Waals surface area contributed by atoms with E-state index in [1.807, 2.05) is 0 Å². The van der Waals surface area contributed by atoms with E-state index in [2.05, 4.69) is 18.2 Å². The van der Waals surface area contributed by atoms with Gasteiger partial charge in [0.05, 0.1) is 6.54 Å². The zero-order valence-corrected chi connectivity index (χ0v) is 13.3. The van der Waals surface area contributed by atoms with Crippen LogP contribution in [0.4, 0.5) is 0 Å². The summed E-state index contributed by atoms with van der Waals surface area (Å²) in [5.41, 5.74) is 0.621. The van der Waals surface area contributed by atoms with Gasteiger partial charge in [0.15, 0.2) is 0 Å². The number of hydrogen-bond donors (Lipinski definition) is 3. The summed E-state index contributed by atoms with van der Waals surface area (Å²) in [5, 5.41) is 24.1. The SMILES string of the molecule is C=C(C)C(=O)O.C=C(C)C(=O)O.CC(=CCCN=C=O)C(=O)O. The number of nitrogens with zero attached hydrogens (tertiary/aromatic N) is 1. The summed E-state index contributed by atoms with van der Waals surface area (Å²) in [5.74, 6) is -2.81. The van der Waals surface area contributed by atoms with E-state index in [1.165, 1.54) is 32.9 Å². The van der Waals surface area contributed by atoms with Crippen molar-refractivity contribution in [2.75, 3.05) is 6.54 Å². The lowest BCUT2D eigenvalue weighted by Crippen LogP contribution is -1.95. The van der Waals surface area contributed by atoms with Gasteiger partial charge in [-0.3, -0.25) is 0 Å². The Morgan fingerprint density at radius 2 is 1.30 bits per heavy atom. The van der Waals surface area contributed by atoms with Crippen molar-refractivity contribution in [3.05, 3.63) is 36.0 Å². The largest absolute Gasteiger partial charge is 0.478 e. The summed E-state index contributed by atoms with van der Waals surface area (Å²) in [4.78, 5) is 42.2. The van der Waals surface area contributed by atoms with E-state index in [4.69, 9.17) is 15.3 Å². The standard InChI is InChI=1S/C7H9NO3.2C4H6O2/c1-6(7(10)11)3-2-4-8-5-9;2*1-3(2)4(5)6/h3H,2,4H2,1H3,(H,10,11);2*1H2,2H3,(H,5,6). The molecule has 0 aliphatic rings. The molecule has 0 spiro atoms. The fraction of sp³-hybridized carbons (Fsp3) is 0.333. The van der Waals surface area contributed by atoms with Gasteiger partial charge in [-0.15, -0.1) is 0 Å². The van der Waals surface area contributed by atoms with Gasteiger partial charge in [0.1, 0.15) is 0 Å². The second-order valence-electron chi connectivity index (χ2n) is 4.12. The normalized spacial score (nSPS) is 8.91. The Hall–Kier alpha value is -2.99. The van der Waals surface area contributed by atoms with Gasteiger partial charge in [0.25, 0.3) is 0 Å². The third kappa shape index (κ3) is 24.4. The topological polar surface area (TPSA) is 141 Å². The van der Waals surface area contributed by atoms with Gasteiger partial charge in [0.2, 0.25) is 6.08 Å². The van der Waals surface area contributed by atoms with E-state index < -0.39 is 17.9 Å². The first-order chi connectivity index (χ1) is 10.5. The molecule has 0 radical (unpaired) electrons. The van der Waals surface area contributed by atoms with Gasteiger partial charge >= 0.3 is 17.9 Å². The average Bonchev–Trinajstić information content (AvgIpc) is 2.44. The molecule has 128 valence electrons. The third-order valence-electron chi connectivity index (χ3n) is 1.82. The maximum Gasteiger partial charge on any atom is 0.330 e. The van der Waals surface area contributed by atoms with Gasteiger partial charge in [-0.05, 0) is 27.2 Å². The molecule has 0 aromatic heterocycles. The molecule has 0 unspecified atom stereocenters. The number of hydrogen-bond acceptors (Lipinski definition) is 5. The molecule has 0 aromatic carbocycles. The minimum Gasteiger partial charge on any atom is -0.478 e. The number of carboxylic acids is 3.